The smallest absolute Gasteiger partial charge is 0.324 e. The molecule has 0 aliphatic carbocycles. The molecule has 8 heteroatoms. The Bertz CT molecular complexity index is 1140. The summed E-state index contributed by atoms with van der Waals surface area (Å²) in [5.41, 5.74) is 3.05. The van der Waals surface area contributed by atoms with Crippen LogP contribution >= 0.6 is 0 Å². The largest absolute Gasteiger partial charge is 0.496 e. The summed E-state index contributed by atoms with van der Waals surface area (Å²) in [6.07, 6.45) is 2.97. The van der Waals surface area contributed by atoms with Gasteiger partial charge in [-0.25, -0.2) is 4.79 Å². The number of aromatic nitrogens is 1. The van der Waals surface area contributed by atoms with Crippen LogP contribution in [0.5, 0.6) is 5.75 Å². The van der Waals surface area contributed by atoms with Crippen molar-refractivity contribution in [1.82, 2.24) is 20.5 Å². The van der Waals surface area contributed by atoms with Gasteiger partial charge in [0.1, 0.15) is 11.8 Å². The van der Waals surface area contributed by atoms with E-state index in [0.717, 1.165) is 27.8 Å². The summed E-state index contributed by atoms with van der Waals surface area (Å²) in [5, 5.41) is 6.52. The minimum Gasteiger partial charge on any atom is -0.496 e. The summed E-state index contributed by atoms with van der Waals surface area (Å²) in [7, 11) is 1.61. The fraction of sp³-hybridized carbons (Fsp3) is 0.292. The van der Waals surface area contributed by atoms with E-state index in [1.807, 2.05) is 54.7 Å². The number of hydrogen-bond acceptors (Lipinski definition) is 4. The van der Waals surface area contributed by atoms with Crippen molar-refractivity contribution in [2.45, 2.75) is 25.3 Å². The topological polar surface area (TPSA) is 104 Å². The number of hydrogen-bond donors (Lipinski definition) is 3. The highest BCUT2D eigenvalue weighted by Gasteiger charge is 2.38. The second-order valence-corrected chi connectivity index (χ2v) is 7.72. The molecule has 0 saturated carbocycles. The summed E-state index contributed by atoms with van der Waals surface area (Å²) >= 11 is 0. The summed E-state index contributed by atoms with van der Waals surface area (Å²) < 4.78 is 5.31. The minimum atomic E-state index is -0.836. The number of carbonyl (C=O) groups is 3. The Balaban J connectivity index is 1.27. The number of imide groups is 1. The average Bonchev–Trinajstić information content (AvgIpc) is 3.33. The Labute approximate surface area is 185 Å². The Hall–Kier alpha value is -3.81. The van der Waals surface area contributed by atoms with Crippen molar-refractivity contribution in [2.24, 2.45) is 0 Å². The molecule has 1 aliphatic rings. The van der Waals surface area contributed by atoms with E-state index >= 15 is 0 Å². The molecule has 1 saturated heterocycles. The van der Waals surface area contributed by atoms with Gasteiger partial charge in [0.05, 0.1) is 13.5 Å². The second kappa shape index (κ2) is 9.55. The van der Waals surface area contributed by atoms with Crippen molar-refractivity contribution < 1.29 is 19.1 Å². The number of nitrogens with zero attached hydrogens (tertiary/aromatic N) is 1. The minimum absolute atomic E-state index is 0.0833. The van der Waals surface area contributed by atoms with Gasteiger partial charge in [-0.15, -0.1) is 0 Å². The molecule has 32 heavy (non-hydrogen) atoms. The fourth-order valence-electron chi connectivity index (χ4n) is 4.00. The maximum atomic E-state index is 12.7. The quantitative estimate of drug-likeness (QED) is 0.450. The molecule has 1 aliphatic heterocycles. The molecule has 3 N–H and O–H groups in total. The molecule has 2 aromatic carbocycles. The van der Waals surface area contributed by atoms with Gasteiger partial charge >= 0.3 is 6.03 Å². The molecule has 4 amide bonds. The lowest BCUT2D eigenvalue weighted by atomic mass is 10.1. The normalized spacial score (nSPS) is 15.8. The van der Waals surface area contributed by atoms with Crippen LogP contribution < -0.4 is 15.4 Å². The molecule has 3 aromatic rings. The lowest BCUT2D eigenvalue weighted by Gasteiger charge is -2.13. The van der Waals surface area contributed by atoms with Crippen LogP contribution in [0.1, 0.15) is 17.5 Å². The average molecular weight is 434 g/mol. The summed E-state index contributed by atoms with van der Waals surface area (Å²) in [4.78, 5) is 41.7. The summed E-state index contributed by atoms with van der Waals surface area (Å²) in [6.45, 7) is 0.677. The third-order valence-electron chi connectivity index (χ3n) is 5.69. The molecule has 1 unspecified atom stereocenters. The molecular weight excluding hydrogens is 408 g/mol. The first-order valence-corrected chi connectivity index (χ1v) is 10.6. The first-order valence-electron chi connectivity index (χ1n) is 10.6. The van der Waals surface area contributed by atoms with E-state index in [1.165, 1.54) is 4.90 Å². The van der Waals surface area contributed by atoms with Gasteiger partial charge < -0.3 is 20.4 Å². The predicted molar refractivity (Wildman–Crippen MR) is 120 cm³/mol. The Morgan fingerprint density at radius 3 is 2.69 bits per heavy atom. The number of H-pyrrole nitrogens is 1. The SMILES string of the molecule is COc1ccccc1CCNC(=O)CC1NC(=O)N(CCc2c[nH]c3ccccc23)C1=O. The van der Waals surface area contributed by atoms with E-state index in [9.17, 15) is 14.4 Å². The number of amides is 4. The number of nitrogens with one attached hydrogen (secondary N) is 3. The number of para-hydroxylation sites is 2. The van der Waals surface area contributed by atoms with Crippen molar-refractivity contribution in [3.05, 3.63) is 65.9 Å². The second-order valence-electron chi connectivity index (χ2n) is 7.72. The highest BCUT2D eigenvalue weighted by Crippen LogP contribution is 2.20. The van der Waals surface area contributed by atoms with Crippen molar-refractivity contribution >= 4 is 28.7 Å². The molecule has 2 heterocycles. The van der Waals surface area contributed by atoms with E-state index in [-0.39, 0.29) is 24.8 Å². The third-order valence-corrected chi connectivity index (χ3v) is 5.69. The number of urea groups is 1. The van der Waals surface area contributed by atoms with Gasteiger partial charge in [-0.3, -0.25) is 14.5 Å². The van der Waals surface area contributed by atoms with E-state index in [0.29, 0.717) is 19.4 Å². The van der Waals surface area contributed by atoms with E-state index < -0.39 is 12.1 Å². The number of benzene rings is 2. The molecule has 4 rings (SSSR count). The van der Waals surface area contributed by atoms with Gasteiger partial charge in [0, 0.05) is 30.2 Å². The number of aromatic amines is 1. The first-order chi connectivity index (χ1) is 15.6. The van der Waals surface area contributed by atoms with E-state index in [4.69, 9.17) is 4.74 Å². The standard InChI is InChI=1S/C24H26N4O4/c1-32-21-9-5-2-6-16(21)10-12-25-22(29)14-20-23(30)28(24(31)27-20)13-11-17-15-26-19-8-4-3-7-18(17)19/h2-9,15,20,26H,10-14H2,1H3,(H,25,29)(H,27,31). The van der Waals surface area contributed by atoms with Crippen molar-refractivity contribution in [3.63, 3.8) is 0 Å². The van der Waals surface area contributed by atoms with E-state index in [2.05, 4.69) is 15.6 Å². The van der Waals surface area contributed by atoms with Crippen LogP contribution in [-0.4, -0.2) is 54.0 Å². The van der Waals surface area contributed by atoms with Gasteiger partial charge in [0.15, 0.2) is 0 Å². The zero-order valence-corrected chi connectivity index (χ0v) is 17.9. The van der Waals surface area contributed by atoms with Crippen LogP contribution in [0.3, 0.4) is 0 Å². The summed E-state index contributed by atoms with van der Waals surface area (Å²) in [6, 6.07) is 14.2. The maximum absolute atomic E-state index is 12.7. The van der Waals surface area contributed by atoms with Crippen molar-refractivity contribution in [3.8, 4) is 5.75 Å². The van der Waals surface area contributed by atoms with Gasteiger partial charge in [-0.2, -0.15) is 0 Å². The van der Waals surface area contributed by atoms with Crippen LogP contribution in [-0.2, 0) is 22.4 Å². The molecule has 8 nitrogen and oxygen atoms in total. The monoisotopic (exact) mass is 434 g/mol. The van der Waals surface area contributed by atoms with Gasteiger partial charge in [-0.1, -0.05) is 36.4 Å². The van der Waals surface area contributed by atoms with Gasteiger partial charge in [0.2, 0.25) is 5.91 Å². The van der Waals surface area contributed by atoms with Crippen molar-refractivity contribution in [1.29, 1.82) is 0 Å². The number of methoxy groups -OCH3 is 1. The lowest BCUT2D eigenvalue weighted by Crippen LogP contribution is -2.37. The van der Waals surface area contributed by atoms with Gasteiger partial charge in [-0.05, 0) is 36.1 Å². The summed E-state index contributed by atoms with van der Waals surface area (Å²) in [5.74, 6) is 0.123. The molecule has 166 valence electrons. The number of ether oxygens (including phenoxy) is 1. The highest BCUT2D eigenvalue weighted by atomic mass is 16.5. The molecular formula is C24H26N4O4. The van der Waals surface area contributed by atoms with Crippen LogP contribution in [0.25, 0.3) is 10.9 Å². The Morgan fingerprint density at radius 2 is 1.84 bits per heavy atom. The van der Waals surface area contributed by atoms with Gasteiger partial charge in [0.25, 0.3) is 5.91 Å². The molecule has 0 spiro atoms. The number of carbonyl (C=O) groups excluding carboxylic acids is 3. The lowest BCUT2D eigenvalue weighted by molar-refractivity contribution is -0.130. The molecule has 1 fully saturated rings. The zero-order valence-electron chi connectivity index (χ0n) is 17.9. The zero-order chi connectivity index (χ0) is 22.5. The molecule has 0 bridgehead atoms. The van der Waals surface area contributed by atoms with Crippen LogP contribution in [0.2, 0.25) is 0 Å². The highest BCUT2D eigenvalue weighted by molar-refractivity contribution is 6.05. The number of rotatable bonds is 9. The maximum Gasteiger partial charge on any atom is 0.324 e. The first kappa shape index (κ1) is 21.4. The fourth-order valence-corrected chi connectivity index (χ4v) is 4.00. The van der Waals surface area contributed by atoms with Crippen molar-refractivity contribution in [2.75, 3.05) is 20.2 Å². The van der Waals surface area contributed by atoms with Crippen LogP contribution in [0.15, 0.2) is 54.7 Å². The molecule has 1 atom stereocenters. The Morgan fingerprint density at radius 1 is 1.06 bits per heavy atom. The third kappa shape index (κ3) is 4.59. The van der Waals surface area contributed by atoms with Crippen LogP contribution in [0, 0.1) is 0 Å². The number of fused-ring (bicyclic) bond motifs is 1. The predicted octanol–water partition coefficient (Wildman–Crippen LogP) is 2.39. The Kier molecular flexibility index (Phi) is 6.39. The molecule has 0 radical (unpaired) electrons. The molecule has 1 aromatic heterocycles. The van der Waals surface area contributed by atoms with Crippen LogP contribution in [0.4, 0.5) is 4.79 Å². The van der Waals surface area contributed by atoms with E-state index in [1.54, 1.807) is 7.11 Å².